The molecule has 0 saturated carbocycles. The van der Waals surface area contributed by atoms with E-state index < -0.39 is 0 Å². The maximum absolute atomic E-state index is 12.5. The minimum Gasteiger partial charge on any atom is -0.496 e. The SMILES string of the molecule is C.CC.CCc1c(OC)ccc2c(=O)cc(-c3nc(C(C)C)cs3)[nH]c12. The summed E-state index contributed by atoms with van der Waals surface area (Å²) in [4.78, 5) is 20.5. The van der Waals surface area contributed by atoms with Crippen molar-refractivity contribution < 1.29 is 4.74 Å². The number of aryl methyl sites for hydroxylation is 1. The Hall–Kier alpha value is -2.14. The molecule has 3 rings (SSSR count). The van der Waals surface area contributed by atoms with Crippen LogP contribution in [0, 0.1) is 0 Å². The van der Waals surface area contributed by atoms with E-state index in [-0.39, 0.29) is 12.9 Å². The van der Waals surface area contributed by atoms with Gasteiger partial charge in [0.15, 0.2) is 5.43 Å². The van der Waals surface area contributed by atoms with Crippen molar-refractivity contribution in [1.82, 2.24) is 9.97 Å². The number of thiazole rings is 1. The van der Waals surface area contributed by atoms with Crippen molar-refractivity contribution in [1.29, 1.82) is 0 Å². The van der Waals surface area contributed by atoms with E-state index in [9.17, 15) is 4.79 Å². The highest BCUT2D eigenvalue weighted by molar-refractivity contribution is 7.13. The summed E-state index contributed by atoms with van der Waals surface area (Å²) in [5.41, 5.74) is 3.68. The van der Waals surface area contributed by atoms with Gasteiger partial charge in [0.05, 0.1) is 24.0 Å². The summed E-state index contributed by atoms with van der Waals surface area (Å²) in [6, 6.07) is 5.31. The van der Waals surface area contributed by atoms with Crippen molar-refractivity contribution in [2.75, 3.05) is 7.11 Å². The first-order chi connectivity index (χ1) is 12.0. The van der Waals surface area contributed by atoms with Gasteiger partial charge in [0.2, 0.25) is 0 Å². The van der Waals surface area contributed by atoms with Crippen LogP contribution in [-0.2, 0) is 6.42 Å². The molecule has 0 aliphatic rings. The predicted octanol–water partition coefficient (Wildman–Crippen LogP) is 6.01. The Labute approximate surface area is 160 Å². The zero-order chi connectivity index (χ0) is 18.6. The van der Waals surface area contributed by atoms with Crippen LogP contribution in [0.3, 0.4) is 0 Å². The third-order valence-electron chi connectivity index (χ3n) is 3.99. The molecule has 3 aromatic rings. The largest absolute Gasteiger partial charge is 0.496 e. The number of aromatic amines is 1. The molecule has 0 spiro atoms. The van der Waals surface area contributed by atoms with Gasteiger partial charge in [-0.1, -0.05) is 42.0 Å². The van der Waals surface area contributed by atoms with Gasteiger partial charge in [-0.05, 0) is 24.5 Å². The quantitative estimate of drug-likeness (QED) is 0.608. The number of nitrogens with zero attached hydrogens (tertiary/aromatic N) is 1. The molecule has 1 aromatic carbocycles. The fourth-order valence-electron chi connectivity index (χ4n) is 2.69. The minimum atomic E-state index is 0. The predicted molar refractivity (Wildman–Crippen MR) is 114 cm³/mol. The topological polar surface area (TPSA) is 55.0 Å². The van der Waals surface area contributed by atoms with Crippen molar-refractivity contribution in [3.05, 3.63) is 45.1 Å². The molecule has 0 fully saturated rings. The molecule has 1 N–H and O–H groups in total. The summed E-state index contributed by atoms with van der Waals surface area (Å²) >= 11 is 1.56. The van der Waals surface area contributed by atoms with Gasteiger partial charge in [-0.25, -0.2) is 4.98 Å². The maximum atomic E-state index is 12.5. The molecular formula is C21H30N2O2S. The second-order valence-corrected chi connectivity index (χ2v) is 6.66. The lowest BCUT2D eigenvalue weighted by Gasteiger charge is -2.11. The van der Waals surface area contributed by atoms with Gasteiger partial charge >= 0.3 is 0 Å². The van der Waals surface area contributed by atoms with Gasteiger partial charge in [-0.3, -0.25) is 4.79 Å². The zero-order valence-corrected chi connectivity index (χ0v) is 16.6. The molecule has 5 heteroatoms. The molecule has 0 saturated heterocycles. The van der Waals surface area contributed by atoms with Crippen LogP contribution in [0.1, 0.15) is 59.2 Å². The van der Waals surface area contributed by atoms with E-state index >= 15 is 0 Å². The molecule has 0 atom stereocenters. The highest BCUT2D eigenvalue weighted by Gasteiger charge is 2.14. The van der Waals surface area contributed by atoms with E-state index in [1.165, 1.54) is 0 Å². The van der Waals surface area contributed by atoms with E-state index in [2.05, 4.69) is 36.1 Å². The van der Waals surface area contributed by atoms with Gasteiger partial charge in [0.1, 0.15) is 10.8 Å². The van der Waals surface area contributed by atoms with Crippen LogP contribution in [0.2, 0.25) is 0 Å². The van der Waals surface area contributed by atoms with E-state index in [4.69, 9.17) is 4.74 Å². The van der Waals surface area contributed by atoms with Crippen LogP contribution in [0.15, 0.2) is 28.4 Å². The summed E-state index contributed by atoms with van der Waals surface area (Å²) < 4.78 is 5.43. The molecule has 0 radical (unpaired) electrons. The van der Waals surface area contributed by atoms with Gasteiger partial charge < -0.3 is 9.72 Å². The van der Waals surface area contributed by atoms with Crippen molar-refractivity contribution in [3.8, 4) is 16.5 Å². The Bertz CT molecular complexity index is 910. The summed E-state index contributed by atoms with van der Waals surface area (Å²) in [5, 5.41) is 3.58. The summed E-state index contributed by atoms with van der Waals surface area (Å²) in [6.45, 7) is 10.3. The number of H-pyrrole nitrogens is 1. The van der Waals surface area contributed by atoms with Crippen molar-refractivity contribution in [2.24, 2.45) is 0 Å². The van der Waals surface area contributed by atoms with Crippen molar-refractivity contribution >= 4 is 22.2 Å². The Morgan fingerprint density at radius 2 is 1.96 bits per heavy atom. The van der Waals surface area contributed by atoms with E-state index in [1.54, 1.807) is 24.5 Å². The second-order valence-electron chi connectivity index (χ2n) is 5.80. The Morgan fingerprint density at radius 3 is 2.50 bits per heavy atom. The average molecular weight is 375 g/mol. The van der Waals surface area contributed by atoms with Crippen LogP contribution in [0.4, 0.5) is 0 Å². The van der Waals surface area contributed by atoms with Crippen LogP contribution in [0.25, 0.3) is 21.6 Å². The molecule has 0 bridgehead atoms. The number of nitrogens with one attached hydrogen (secondary N) is 1. The Kier molecular flexibility index (Phi) is 8.03. The molecule has 26 heavy (non-hydrogen) atoms. The molecule has 4 nitrogen and oxygen atoms in total. The van der Waals surface area contributed by atoms with E-state index in [0.717, 1.165) is 39.6 Å². The first-order valence-corrected chi connectivity index (χ1v) is 9.61. The summed E-state index contributed by atoms with van der Waals surface area (Å²) in [6.07, 6.45) is 0.787. The lowest BCUT2D eigenvalue weighted by atomic mass is 10.1. The summed E-state index contributed by atoms with van der Waals surface area (Å²) in [7, 11) is 1.65. The Balaban J connectivity index is 0.00000109. The molecule has 0 aliphatic heterocycles. The molecular weight excluding hydrogens is 344 g/mol. The third-order valence-corrected chi connectivity index (χ3v) is 4.88. The minimum absolute atomic E-state index is 0. The summed E-state index contributed by atoms with van der Waals surface area (Å²) in [5.74, 6) is 1.17. The number of methoxy groups -OCH3 is 1. The van der Waals surface area contributed by atoms with Crippen LogP contribution in [-0.4, -0.2) is 17.1 Å². The average Bonchev–Trinajstić information content (AvgIpc) is 3.12. The number of rotatable bonds is 4. The number of aromatic nitrogens is 2. The highest BCUT2D eigenvalue weighted by atomic mass is 32.1. The first-order valence-electron chi connectivity index (χ1n) is 8.73. The van der Waals surface area contributed by atoms with Gasteiger partial charge in [0.25, 0.3) is 0 Å². The highest BCUT2D eigenvalue weighted by Crippen LogP contribution is 2.29. The smallest absolute Gasteiger partial charge is 0.190 e. The zero-order valence-electron chi connectivity index (χ0n) is 15.8. The van der Waals surface area contributed by atoms with Crippen LogP contribution >= 0.6 is 11.3 Å². The van der Waals surface area contributed by atoms with Crippen LogP contribution < -0.4 is 10.2 Å². The number of hydrogen-bond donors (Lipinski definition) is 1. The van der Waals surface area contributed by atoms with Gasteiger partial charge in [0, 0.05) is 22.4 Å². The molecule has 2 heterocycles. The number of fused-ring (bicyclic) bond motifs is 1. The first kappa shape index (κ1) is 21.9. The number of pyridine rings is 1. The number of ether oxygens (including phenoxy) is 1. The van der Waals surface area contributed by atoms with Crippen molar-refractivity contribution in [3.63, 3.8) is 0 Å². The van der Waals surface area contributed by atoms with Gasteiger partial charge in [-0.15, -0.1) is 11.3 Å². The molecule has 0 aliphatic carbocycles. The molecule has 2 aromatic heterocycles. The van der Waals surface area contributed by atoms with Crippen LogP contribution in [0.5, 0.6) is 5.75 Å². The molecule has 0 unspecified atom stereocenters. The number of benzene rings is 1. The van der Waals surface area contributed by atoms with E-state index in [1.807, 2.05) is 26.0 Å². The fraction of sp³-hybridized carbons (Fsp3) is 0.429. The lowest BCUT2D eigenvalue weighted by Crippen LogP contribution is -2.06. The lowest BCUT2D eigenvalue weighted by molar-refractivity contribution is 0.411. The normalized spacial score (nSPS) is 10.3. The third kappa shape index (κ3) is 4.15. The Morgan fingerprint density at radius 1 is 1.27 bits per heavy atom. The fourth-order valence-corrected chi connectivity index (χ4v) is 3.64. The maximum Gasteiger partial charge on any atom is 0.190 e. The molecule has 0 amide bonds. The van der Waals surface area contributed by atoms with Gasteiger partial charge in [-0.2, -0.15) is 0 Å². The standard InChI is InChI=1S/C18H20N2O2S.C2H6.CH4/c1-5-11-16(22-4)7-6-12-15(21)8-13(19-17(11)12)18-20-14(9-23-18)10(2)3;1-2;/h6-10H,5H2,1-4H3,(H,19,21);1-2H3;1H4. The van der Waals surface area contributed by atoms with E-state index in [0.29, 0.717) is 11.3 Å². The molecule has 142 valence electrons. The number of hydrogen-bond acceptors (Lipinski definition) is 4. The van der Waals surface area contributed by atoms with Crippen molar-refractivity contribution in [2.45, 2.75) is 54.4 Å². The monoisotopic (exact) mass is 374 g/mol. The second kappa shape index (κ2) is 9.53.